The fourth-order valence-corrected chi connectivity index (χ4v) is 2.51. The number of carbonyl (C=O) groups excluding carboxylic acids is 2. The average Bonchev–Trinajstić information content (AvgIpc) is 2.53. The molecular weight excluding hydrogens is 272 g/mol. The van der Waals surface area contributed by atoms with Crippen LogP contribution in [0.2, 0.25) is 5.02 Å². The Labute approximate surface area is 115 Å². The Bertz CT molecular complexity index is 533. The summed E-state index contributed by atoms with van der Waals surface area (Å²) < 4.78 is 0. The van der Waals surface area contributed by atoms with Gasteiger partial charge < -0.3 is 5.32 Å². The highest BCUT2D eigenvalue weighted by Crippen LogP contribution is 2.17. The molecule has 2 amide bonds. The lowest BCUT2D eigenvalue weighted by Crippen LogP contribution is -2.40. The van der Waals surface area contributed by atoms with Crippen molar-refractivity contribution >= 4 is 40.7 Å². The van der Waals surface area contributed by atoms with E-state index in [1.54, 1.807) is 18.2 Å². The SMILES string of the molecule is CC(=O)N1C(=S)NC(=O)[C@@H]1Cc1cccc(Cl)c1. The van der Waals surface area contributed by atoms with Gasteiger partial charge in [0.2, 0.25) is 11.8 Å². The highest BCUT2D eigenvalue weighted by Gasteiger charge is 2.38. The van der Waals surface area contributed by atoms with Gasteiger partial charge in [0, 0.05) is 18.4 Å². The molecule has 0 spiro atoms. The maximum absolute atomic E-state index is 11.8. The lowest BCUT2D eigenvalue weighted by Gasteiger charge is -2.19. The van der Waals surface area contributed by atoms with Gasteiger partial charge >= 0.3 is 0 Å². The van der Waals surface area contributed by atoms with Crippen molar-refractivity contribution in [2.45, 2.75) is 19.4 Å². The number of hydrogen-bond donors (Lipinski definition) is 1. The van der Waals surface area contributed by atoms with Crippen molar-refractivity contribution in [3.05, 3.63) is 34.9 Å². The molecule has 94 valence electrons. The van der Waals surface area contributed by atoms with Gasteiger partial charge in [0.05, 0.1) is 0 Å². The van der Waals surface area contributed by atoms with E-state index < -0.39 is 6.04 Å². The molecule has 0 radical (unpaired) electrons. The maximum Gasteiger partial charge on any atom is 0.249 e. The zero-order valence-corrected chi connectivity index (χ0v) is 11.2. The van der Waals surface area contributed by atoms with E-state index >= 15 is 0 Å². The Hall–Kier alpha value is -1.46. The second-order valence-corrected chi connectivity index (χ2v) is 4.86. The van der Waals surface area contributed by atoms with E-state index in [4.69, 9.17) is 23.8 Å². The lowest BCUT2D eigenvalue weighted by molar-refractivity contribution is -0.131. The van der Waals surface area contributed by atoms with E-state index in [0.29, 0.717) is 11.4 Å². The average molecular weight is 283 g/mol. The Morgan fingerprint density at radius 1 is 1.56 bits per heavy atom. The smallest absolute Gasteiger partial charge is 0.249 e. The second-order valence-electron chi connectivity index (χ2n) is 4.03. The normalized spacial score (nSPS) is 19.0. The highest BCUT2D eigenvalue weighted by molar-refractivity contribution is 7.80. The first-order chi connectivity index (χ1) is 8.49. The number of carbonyl (C=O) groups is 2. The molecule has 1 fully saturated rings. The van der Waals surface area contributed by atoms with Gasteiger partial charge in [0.1, 0.15) is 6.04 Å². The topological polar surface area (TPSA) is 49.4 Å². The summed E-state index contributed by atoms with van der Waals surface area (Å²) in [5, 5.41) is 3.26. The number of hydrogen-bond acceptors (Lipinski definition) is 3. The van der Waals surface area contributed by atoms with Crippen LogP contribution < -0.4 is 5.32 Å². The van der Waals surface area contributed by atoms with Crippen molar-refractivity contribution in [3.63, 3.8) is 0 Å². The minimum atomic E-state index is -0.589. The molecule has 1 heterocycles. The zero-order chi connectivity index (χ0) is 13.3. The largest absolute Gasteiger partial charge is 0.301 e. The minimum Gasteiger partial charge on any atom is -0.301 e. The molecule has 1 aliphatic heterocycles. The van der Waals surface area contributed by atoms with Crippen LogP contribution in [0.4, 0.5) is 0 Å². The molecule has 18 heavy (non-hydrogen) atoms. The van der Waals surface area contributed by atoms with Crippen molar-refractivity contribution < 1.29 is 9.59 Å². The van der Waals surface area contributed by atoms with Crippen molar-refractivity contribution in [2.24, 2.45) is 0 Å². The van der Waals surface area contributed by atoms with Crippen molar-refractivity contribution in [1.29, 1.82) is 0 Å². The Morgan fingerprint density at radius 3 is 2.89 bits per heavy atom. The molecule has 0 aliphatic carbocycles. The summed E-state index contributed by atoms with van der Waals surface area (Å²) in [4.78, 5) is 24.6. The van der Waals surface area contributed by atoms with E-state index in [-0.39, 0.29) is 16.9 Å². The first-order valence-corrected chi connectivity index (χ1v) is 6.16. The summed E-state index contributed by atoms with van der Waals surface area (Å²) >= 11 is 10.8. The number of nitrogens with one attached hydrogen (secondary N) is 1. The third kappa shape index (κ3) is 2.52. The number of amides is 2. The van der Waals surface area contributed by atoms with E-state index in [9.17, 15) is 9.59 Å². The van der Waals surface area contributed by atoms with Gasteiger partial charge in [0.15, 0.2) is 5.11 Å². The quantitative estimate of drug-likeness (QED) is 0.837. The Morgan fingerprint density at radius 2 is 2.28 bits per heavy atom. The molecule has 1 aromatic rings. The molecule has 1 aliphatic rings. The van der Waals surface area contributed by atoms with Gasteiger partial charge in [-0.25, -0.2) is 0 Å². The minimum absolute atomic E-state index is 0.166. The molecule has 1 N–H and O–H groups in total. The summed E-state index contributed by atoms with van der Waals surface area (Å²) in [5.74, 6) is -0.499. The fourth-order valence-electron chi connectivity index (χ4n) is 1.94. The molecule has 1 aromatic carbocycles. The van der Waals surface area contributed by atoms with Gasteiger partial charge in [-0.2, -0.15) is 0 Å². The third-order valence-corrected chi connectivity index (χ3v) is 3.25. The van der Waals surface area contributed by atoms with Gasteiger partial charge in [-0.3, -0.25) is 14.5 Å². The van der Waals surface area contributed by atoms with Crippen molar-refractivity contribution in [3.8, 4) is 0 Å². The summed E-state index contributed by atoms with van der Waals surface area (Å²) in [5.41, 5.74) is 0.888. The van der Waals surface area contributed by atoms with E-state index in [2.05, 4.69) is 5.32 Å². The third-order valence-electron chi connectivity index (χ3n) is 2.72. The first-order valence-electron chi connectivity index (χ1n) is 5.38. The predicted molar refractivity (Wildman–Crippen MR) is 72.2 cm³/mol. The van der Waals surface area contributed by atoms with Crippen LogP contribution in [0.15, 0.2) is 24.3 Å². The zero-order valence-electron chi connectivity index (χ0n) is 9.64. The predicted octanol–water partition coefficient (Wildman–Crippen LogP) is 1.51. The van der Waals surface area contributed by atoms with Crippen LogP contribution in [-0.2, 0) is 16.0 Å². The van der Waals surface area contributed by atoms with Crippen LogP contribution in [0.5, 0.6) is 0 Å². The van der Waals surface area contributed by atoms with Crippen molar-refractivity contribution in [1.82, 2.24) is 10.2 Å². The van der Waals surface area contributed by atoms with Gasteiger partial charge in [0.25, 0.3) is 0 Å². The molecule has 2 rings (SSSR count). The Balaban J connectivity index is 2.24. The summed E-state index contributed by atoms with van der Waals surface area (Å²) in [7, 11) is 0. The lowest BCUT2D eigenvalue weighted by atomic mass is 10.1. The summed E-state index contributed by atoms with van der Waals surface area (Å²) in [6.07, 6.45) is 0.395. The standard InChI is InChI=1S/C12H11ClN2O2S/c1-7(16)15-10(11(17)14-12(15)18)6-8-3-2-4-9(13)5-8/h2-5,10H,6H2,1H3,(H,14,17,18)/t10-/m0/s1. The molecule has 0 aromatic heterocycles. The molecular formula is C12H11ClN2O2S. The van der Waals surface area contributed by atoms with Crippen LogP contribution in [0.3, 0.4) is 0 Å². The Kier molecular flexibility index (Phi) is 3.63. The molecule has 0 bridgehead atoms. The first kappa shape index (κ1) is 13.0. The van der Waals surface area contributed by atoms with Gasteiger partial charge in [-0.05, 0) is 29.9 Å². The summed E-state index contributed by atoms with van der Waals surface area (Å²) in [6.45, 7) is 1.39. The van der Waals surface area contributed by atoms with E-state index in [1.807, 2.05) is 6.07 Å². The van der Waals surface area contributed by atoms with Crippen LogP contribution in [0.25, 0.3) is 0 Å². The number of benzene rings is 1. The van der Waals surface area contributed by atoms with Crippen LogP contribution in [-0.4, -0.2) is 27.9 Å². The van der Waals surface area contributed by atoms with Crippen LogP contribution in [0.1, 0.15) is 12.5 Å². The number of halogens is 1. The molecule has 0 saturated carbocycles. The highest BCUT2D eigenvalue weighted by atomic mass is 35.5. The van der Waals surface area contributed by atoms with E-state index in [1.165, 1.54) is 11.8 Å². The monoisotopic (exact) mass is 282 g/mol. The number of rotatable bonds is 2. The number of nitrogens with zero attached hydrogens (tertiary/aromatic N) is 1. The fraction of sp³-hybridized carbons (Fsp3) is 0.250. The molecule has 6 heteroatoms. The van der Waals surface area contributed by atoms with E-state index in [0.717, 1.165) is 5.56 Å². The van der Waals surface area contributed by atoms with Crippen LogP contribution >= 0.6 is 23.8 Å². The number of thiocarbonyl (C=S) groups is 1. The second kappa shape index (κ2) is 5.04. The summed E-state index contributed by atoms with van der Waals surface area (Å²) in [6, 6.07) is 6.61. The van der Waals surface area contributed by atoms with Crippen molar-refractivity contribution in [2.75, 3.05) is 0 Å². The molecule has 1 saturated heterocycles. The van der Waals surface area contributed by atoms with Gasteiger partial charge in [-0.15, -0.1) is 0 Å². The molecule has 1 atom stereocenters. The maximum atomic E-state index is 11.8. The molecule has 4 nitrogen and oxygen atoms in total. The molecule has 0 unspecified atom stereocenters. The van der Waals surface area contributed by atoms with Crippen LogP contribution in [0, 0.1) is 0 Å². The van der Waals surface area contributed by atoms with Gasteiger partial charge in [-0.1, -0.05) is 23.7 Å².